The number of nitrogens with zero attached hydrogens (tertiary/aromatic N) is 6. The molecule has 21 nitrogen and oxygen atoms in total. The van der Waals surface area contributed by atoms with Gasteiger partial charge in [0.25, 0.3) is 17.7 Å². The lowest BCUT2D eigenvalue weighted by Crippen LogP contribution is -2.45. The van der Waals surface area contributed by atoms with Crippen LogP contribution >= 0.6 is 23.2 Å². The van der Waals surface area contributed by atoms with Gasteiger partial charge >= 0.3 is 5.97 Å². The number of halogens is 4. The first-order chi connectivity index (χ1) is 37.5. The molecule has 2 aliphatic carbocycles. The van der Waals surface area contributed by atoms with Crippen molar-refractivity contribution in [3.05, 3.63) is 128 Å². The number of carboxylic acids is 1. The van der Waals surface area contributed by atoms with Crippen LogP contribution in [0.5, 0.6) is 0 Å². The van der Waals surface area contributed by atoms with Gasteiger partial charge in [-0.05, 0) is 120 Å². The fourth-order valence-corrected chi connectivity index (χ4v) is 8.37. The molecule has 2 saturated carbocycles. The number of hydrogen-bond donors (Lipinski definition) is 7. The second kappa shape index (κ2) is 27.0. The number of fused-ring (bicyclic) bond motifs is 2. The summed E-state index contributed by atoms with van der Waals surface area (Å²) in [5.41, 5.74) is 17.4. The van der Waals surface area contributed by atoms with Crippen LogP contribution in [-0.2, 0) is 45.4 Å². The number of primary amides is 2. The highest BCUT2D eigenvalue weighted by atomic mass is 35.5. The second-order valence-electron chi connectivity index (χ2n) is 19.6. The zero-order valence-corrected chi connectivity index (χ0v) is 45.4. The molecule has 7 amide bonds. The van der Waals surface area contributed by atoms with Crippen LogP contribution in [0.2, 0.25) is 10.0 Å². The van der Waals surface area contributed by atoms with Crippen molar-refractivity contribution in [2.75, 3.05) is 26.2 Å². The number of nitrogens with two attached hydrogens (primary N) is 3. The standard InChI is InChI=1S/C27H30ClFN6O4.C23H23ClFN5O5.C4H9N/c1-15(2)34(13-22(36)31-12-18-4-3-5-20(28)24(18)29)23(37)14-35-21-9-8-17(27(39)32-11-16-6-7-16)10-19(21)25(33-35)26(30)38;1-12(2)29(10-18(31)27-9-14-4-3-5-16(24)20(14)25)19(32)11-30-17-7-6-13(23(34)35)8-15(17)21(28-30)22(26)33;5-3-4-1-2-4/h3-5,8-10,15-16H,6-7,11-14H2,1-2H3,(H2,30,38)(H,31,36)(H,32,39);3-8,12H,9-11H2,1-2H3,(H2,26,33)(H,27,31)(H,34,35);4H,1-3,5H2. The van der Waals surface area contributed by atoms with Crippen molar-refractivity contribution in [1.82, 2.24) is 45.3 Å². The summed E-state index contributed by atoms with van der Waals surface area (Å²) in [6.45, 7) is 7.09. The third-order valence-corrected chi connectivity index (χ3v) is 13.4. The minimum absolute atomic E-state index is 0.0477. The van der Waals surface area contributed by atoms with Crippen molar-refractivity contribution in [3.63, 3.8) is 0 Å². The maximum absolute atomic E-state index is 14.1. The van der Waals surface area contributed by atoms with Crippen LogP contribution in [0.15, 0.2) is 72.8 Å². The van der Waals surface area contributed by atoms with Crippen molar-refractivity contribution < 1.29 is 52.2 Å². The number of amides is 7. The number of benzene rings is 4. The topological polar surface area (TPSA) is 313 Å². The molecule has 0 radical (unpaired) electrons. The molecule has 0 spiro atoms. The maximum atomic E-state index is 14.1. The van der Waals surface area contributed by atoms with E-state index in [-0.39, 0.29) is 101 Å². The highest BCUT2D eigenvalue weighted by Crippen LogP contribution is 2.29. The van der Waals surface area contributed by atoms with E-state index < -0.39 is 53.0 Å². The Labute approximate surface area is 463 Å². The van der Waals surface area contributed by atoms with E-state index in [4.69, 9.17) is 40.4 Å². The van der Waals surface area contributed by atoms with Gasteiger partial charge in [0, 0.05) is 59.2 Å². The highest BCUT2D eigenvalue weighted by Gasteiger charge is 2.27. The minimum atomic E-state index is -1.19. The molecule has 0 atom stereocenters. The Morgan fingerprint density at radius 2 is 1.06 bits per heavy atom. The smallest absolute Gasteiger partial charge is 0.335 e. The molecule has 0 bridgehead atoms. The van der Waals surface area contributed by atoms with Crippen LogP contribution < -0.4 is 33.2 Å². The number of rotatable bonds is 21. The Morgan fingerprint density at radius 1 is 0.646 bits per heavy atom. The van der Waals surface area contributed by atoms with Crippen LogP contribution in [0, 0.1) is 23.5 Å². The van der Waals surface area contributed by atoms with Crippen molar-refractivity contribution in [2.45, 2.75) is 91.6 Å². The van der Waals surface area contributed by atoms with Gasteiger partial charge in [-0.3, -0.25) is 42.9 Å². The van der Waals surface area contributed by atoms with Crippen LogP contribution in [0.4, 0.5) is 8.78 Å². The Bertz CT molecular complexity index is 3290. The molecule has 2 aromatic heterocycles. The van der Waals surface area contributed by atoms with Crippen molar-refractivity contribution >= 4 is 92.3 Å². The van der Waals surface area contributed by atoms with E-state index >= 15 is 0 Å². The summed E-state index contributed by atoms with van der Waals surface area (Å²) in [4.78, 5) is 102. The Morgan fingerprint density at radius 3 is 1.43 bits per heavy atom. The summed E-state index contributed by atoms with van der Waals surface area (Å²) in [5.74, 6) is -4.87. The number of carboxylic acid groups (broad SMARTS) is 1. The fourth-order valence-electron chi connectivity index (χ4n) is 7.99. The monoisotopic (exact) mass is 1130 g/mol. The first-order valence-electron chi connectivity index (χ1n) is 25.3. The molecular weight excluding hydrogens is 1070 g/mol. The number of carbonyl (C=O) groups excluding carboxylic acids is 7. The average Bonchev–Trinajstić information content (AvgIpc) is 4.39. The number of carbonyl (C=O) groups is 8. The summed E-state index contributed by atoms with van der Waals surface area (Å²) >= 11 is 11.5. The maximum Gasteiger partial charge on any atom is 0.335 e. The largest absolute Gasteiger partial charge is 0.478 e. The predicted octanol–water partition coefficient (Wildman–Crippen LogP) is 5.16. The summed E-state index contributed by atoms with van der Waals surface area (Å²) in [7, 11) is 0. The van der Waals surface area contributed by atoms with E-state index in [2.05, 4.69) is 26.1 Å². The van der Waals surface area contributed by atoms with Crippen LogP contribution in [0.1, 0.15) is 106 Å². The Balaban J connectivity index is 0.000000235. The van der Waals surface area contributed by atoms with Gasteiger partial charge in [0.2, 0.25) is 23.6 Å². The summed E-state index contributed by atoms with van der Waals surface area (Å²) < 4.78 is 30.7. The summed E-state index contributed by atoms with van der Waals surface area (Å²) in [6.07, 6.45) is 4.97. The van der Waals surface area contributed by atoms with Gasteiger partial charge in [-0.2, -0.15) is 10.2 Å². The molecule has 0 unspecified atom stereocenters. The lowest BCUT2D eigenvalue weighted by molar-refractivity contribution is -0.138. The van der Waals surface area contributed by atoms with Crippen molar-refractivity contribution in [3.8, 4) is 0 Å². The minimum Gasteiger partial charge on any atom is -0.478 e. The molecule has 10 N–H and O–H groups in total. The zero-order valence-electron chi connectivity index (χ0n) is 43.9. The highest BCUT2D eigenvalue weighted by molar-refractivity contribution is 6.31. The molecule has 4 aromatic carbocycles. The SMILES string of the molecule is CC(C)N(CC(=O)NCc1cccc(Cl)c1F)C(=O)Cn1nc(C(N)=O)c2cc(C(=O)NCC3CC3)ccc21.CC(C)N(CC(=O)NCc1cccc(Cl)c1F)C(=O)Cn1nc(C(N)=O)c2cc(C(=O)O)ccc21.NCC1CC1. The van der Waals surface area contributed by atoms with Crippen LogP contribution in [0.25, 0.3) is 21.8 Å². The number of aromatic nitrogens is 4. The van der Waals surface area contributed by atoms with E-state index in [1.807, 2.05) is 0 Å². The molecule has 2 fully saturated rings. The summed E-state index contributed by atoms with van der Waals surface area (Å²) in [6, 6.07) is 17.0. The fraction of sp³-hybridized carbons (Fsp3) is 0.370. The Kier molecular flexibility index (Phi) is 20.6. The molecule has 6 aromatic rings. The van der Waals surface area contributed by atoms with Gasteiger partial charge in [-0.1, -0.05) is 47.5 Å². The van der Waals surface area contributed by atoms with E-state index in [1.54, 1.807) is 52.0 Å². The van der Waals surface area contributed by atoms with E-state index in [1.165, 1.54) is 80.5 Å². The van der Waals surface area contributed by atoms with E-state index in [0.717, 1.165) is 25.3 Å². The molecule has 8 rings (SSSR count). The van der Waals surface area contributed by atoms with Crippen LogP contribution in [0.3, 0.4) is 0 Å². The lowest BCUT2D eigenvalue weighted by Gasteiger charge is -2.26. The van der Waals surface area contributed by atoms with Gasteiger partial charge in [0.15, 0.2) is 11.4 Å². The zero-order chi connectivity index (χ0) is 57.8. The third-order valence-electron chi connectivity index (χ3n) is 12.9. The molecule has 2 aliphatic rings. The van der Waals surface area contributed by atoms with Gasteiger partial charge in [0.05, 0.1) is 39.7 Å². The molecule has 25 heteroatoms. The van der Waals surface area contributed by atoms with E-state index in [0.29, 0.717) is 34.4 Å². The predicted molar refractivity (Wildman–Crippen MR) is 291 cm³/mol. The van der Waals surface area contributed by atoms with E-state index in [9.17, 15) is 52.2 Å². The van der Waals surface area contributed by atoms with Gasteiger partial charge in [-0.25, -0.2) is 13.6 Å². The normalized spacial score (nSPS) is 12.7. The molecular formula is C54H62Cl2F2N12O9. The molecule has 79 heavy (non-hydrogen) atoms. The number of aromatic carboxylic acids is 1. The molecule has 0 aliphatic heterocycles. The number of nitrogens with one attached hydrogen (secondary N) is 3. The Hall–Kier alpha value is -8.02. The van der Waals surface area contributed by atoms with Crippen molar-refractivity contribution in [1.29, 1.82) is 0 Å². The molecule has 0 saturated heterocycles. The second-order valence-corrected chi connectivity index (χ2v) is 20.4. The van der Waals surface area contributed by atoms with Crippen LogP contribution in [-0.4, -0.2) is 120 Å². The first-order valence-corrected chi connectivity index (χ1v) is 26.0. The van der Waals surface area contributed by atoms with Gasteiger partial charge < -0.3 is 48.1 Å². The average molecular weight is 1130 g/mol. The van der Waals surface area contributed by atoms with Gasteiger partial charge in [0.1, 0.15) is 24.7 Å². The number of hydrogen-bond acceptors (Lipinski definition) is 11. The molecule has 420 valence electrons. The molecule has 2 heterocycles. The summed E-state index contributed by atoms with van der Waals surface area (Å²) in [5, 5.41) is 26.0. The van der Waals surface area contributed by atoms with Gasteiger partial charge in [-0.15, -0.1) is 0 Å². The third kappa shape index (κ3) is 16.3. The lowest BCUT2D eigenvalue weighted by atomic mass is 10.1. The van der Waals surface area contributed by atoms with Crippen molar-refractivity contribution in [2.24, 2.45) is 29.0 Å². The first kappa shape index (κ1) is 60.2. The quantitative estimate of drug-likeness (QED) is 0.0492.